The molecule has 0 aliphatic carbocycles. The Morgan fingerprint density at radius 2 is 1.39 bits per heavy atom. The molecule has 0 unspecified atom stereocenters. The highest BCUT2D eigenvalue weighted by Crippen LogP contribution is 2.23. The largest absolute Gasteiger partial charge is 0.478 e. The van der Waals surface area contributed by atoms with Gasteiger partial charge in [-0.15, -0.1) is 11.8 Å². The van der Waals surface area contributed by atoms with E-state index in [0.29, 0.717) is 6.42 Å². The zero-order chi connectivity index (χ0) is 26.3. The molecule has 1 aromatic carbocycles. The molecule has 0 aliphatic rings. The van der Waals surface area contributed by atoms with E-state index >= 15 is 0 Å². The van der Waals surface area contributed by atoms with E-state index in [4.69, 9.17) is 4.74 Å². The van der Waals surface area contributed by atoms with Crippen molar-refractivity contribution in [3.63, 3.8) is 0 Å². The Balaban J connectivity index is 2.13. The lowest BCUT2D eigenvalue weighted by molar-refractivity contribution is -0.133. The van der Waals surface area contributed by atoms with Crippen molar-refractivity contribution in [3.05, 3.63) is 90.6 Å². The number of carboxylic acid groups (broad SMARTS) is 1. The predicted octanol–water partition coefficient (Wildman–Crippen LogP) is 8.72. The van der Waals surface area contributed by atoms with Gasteiger partial charge in [0.15, 0.2) is 0 Å². The second-order valence-corrected chi connectivity index (χ2v) is 9.50. The molecule has 1 atom stereocenters. The van der Waals surface area contributed by atoms with E-state index in [1.807, 2.05) is 6.92 Å². The van der Waals surface area contributed by atoms with Gasteiger partial charge in [0, 0.05) is 0 Å². The van der Waals surface area contributed by atoms with Crippen LogP contribution in [-0.2, 0) is 4.79 Å². The van der Waals surface area contributed by atoms with E-state index in [1.165, 1.54) is 12.1 Å². The number of esters is 1. The number of allylic oxidation sites excluding steroid dienone is 10. The summed E-state index contributed by atoms with van der Waals surface area (Å²) in [5, 5.41) is 8.95. The van der Waals surface area contributed by atoms with Crippen LogP contribution in [-0.4, -0.2) is 28.0 Å². The van der Waals surface area contributed by atoms with E-state index in [9.17, 15) is 14.7 Å². The number of carboxylic acids is 1. The number of rotatable bonds is 19. The van der Waals surface area contributed by atoms with Gasteiger partial charge in [0.25, 0.3) is 0 Å². The smallest absolute Gasteiger partial charge is 0.339 e. The molecule has 1 aromatic rings. The summed E-state index contributed by atoms with van der Waals surface area (Å²) in [6, 6.07) is 6.24. The zero-order valence-corrected chi connectivity index (χ0v) is 22.6. The first-order valence-electron chi connectivity index (χ1n) is 13.0. The Kier molecular flexibility index (Phi) is 18.6. The Morgan fingerprint density at radius 3 is 1.94 bits per heavy atom. The molecule has 196 valence electrons. The average molecular weight is 511 g/mol. The number of ether oxygens (including phenoxy) is 1. The summed E-state index contributed by atoms with van der Waals surface area (Å²) in [5.74, 6) is -0.505. The van der Waals surface area contributed by atoms with Gasteiger partial charge in [0.1, 0.15) is 16.6 Å². The molecule has 1 rings (SSSR count). The highest BCUT2D eigenvalue weighted by Gasteiger charge is 2.21. The third-order valence-electron chi connectivity index (χ3n) is 5.20. The fraction of sp³-hybridized carbons (Fsp3) is 0.419. The van der Waals surface area contributed by atoms with Crippen LogP contribution in [0.1, 0.15) is 82.0 Å². The van der Waals surface area contributed by atoms with Gasteiger partial charge >= 0.3 is 11.9 Å². The van der Waals surface area contributed by atoms with Crippen molar-refractivity contribution in [2.75, 3.05) is 5.75 Å². The first-order chi connectivity index (χ1) is 17.6. The van der Waals surface area contributed by atoms with Gasteiger partial charge in [0.2, 0.25) is 0 Å². The SMILES string of the molecule is CCC=CCC=CCC=CCC=CCC=CCCCCS[C@H](CC)C(=O)Oc1ccccc1C(=O)O. The number of unbranched alkanes of at least 4 members (excludes halogenated alkanes) is 2. The van der Waals surface area contributed by atoms with E-state index < -0.39 is 5.97 Å². The molecule has 0 saturated carbocycles. The average Bonchev–Trinajstić information content (AvgIpc) is 2.87. The monoisotopic (exact) mass is 510 g/mol. The number of aromatic carboxylic acids is 1. The summed E-state index contributed by atoms with van der Waals surface area (Å²) in [7, 11) is 0. The summed E-state index contributed by atoms with van der Waals surface area (Å²) < 4.78 is 5.38. The summed E-state index contributed by atoms with van der Waals surface area (Å²) in [6.07, 6.45) is 30.8. The number of para-hydroxylation sites is 1. The van der Waals surface area contributed by atoms with Crippen LogP contribution in [0.25, 0.3) is 0 Å². The molecule has 0 aliphatic heterocycles. The molecule has 0 aromatic heterocycles. The van der Waals surface area contributed by atoms with Crippen LogP contribution in [0.5, 0.6) is 5.75 Å². The third-order valence-corrected chi connectivity index (χ3v) is 6.66. The van der Waals surface area contributed by atoms with E-state index in [1.54, 1.807) is 23.9 Å². The molecule has 0 radical (unpaired) electrons. The quantitative estimate of drug-likeness (QED) is 0.0872. The highest BCUT2D eigenvalue weighted by atomic mass is 32.2. The lowest BCUT2D eigenvalue weighted by atomic mass is 10.2. The third kappa shape index (κ3) is 15.3. The van der Waals surface area contributed by atoms with Gasteiger partial charge in [-0.2, -0.15) is 0 Å². The van der Waals surface area contributed by atoms with Crippen LogP contribution in [0.4, 0.5) is 0 Å². The Bertz CT molecular complexity index is 896. The second kappa shape index (κ2) is 21.5. The zero-order valence-electron chi connectivity index (χ0n) is 21.8. The van der Waals surface area contributed by atoms with Gasteiger partial charge in [-0.05, 0) is 75.7 Å². The van der Waals surface area contributed by atoms with Crippen LogP contribution in [0.2, 0.25) is 0 Å². The van der Waals surface area contributed by atoms with E-state index in [0.717, 1.165) is 57.1 Å². The van der Waals surface area contributed by atoms with Crippen molar-refractivity contribution >= 4 is 23.7 Å². The second-order valence-electron chi connectivity index (χ2n) is 8.19. The number of thioether (sulfide) groups is 1. The molecular formula is C31H42O4S. The maximum absolute atomic E-state index is 12.5. The van der Waals surface area contributed by atoms with Crippen LogP contribution < -0.4 is 4.74 Å². The number of hydrogen-bond acceptors (Lipinski definition) is 4. The standard InChI is InChI=1S/C31H42O4S/c1-3-5-6-7-8-9-10-11-12-13-14-15-16-17-18-19-20-23-26-36-29(4-2)31(34)35-28-25-22-21-24-27(28)30(32)33/h5-6,8-9,11-12,14-15,17-18,21-22,24-25,29H,3-4,7,10,13,16,19-20,23,26H2,1-2H3,(H,32,33)/t29-/m1/s1. The topological polar surface area (TPSA) is 63.6 Å². The van der Waals surface area contributed by atoms with Gasteiger partial charge in [0.05, 0.1) is 0 Å². The first-order valence-corrected chi connectivity index (χ1v) is 14.1. The number of benzene rings is 1. The highest BCUT2D eigenvalue weighted by molar-refractivity contribution is 8.00. The molecular weight excluding hydrogens is 468 g/mol. The molecule has 5 heteroatoms. The molecule has 0 fully saturated rings. The van der Waals surface area contributed by atoms with Crippen molar-refractivity contribution in [1.82, 2.24) is 0 Å². The normalized spacial score (nSPS) is 13.1. The molecule has 4 nitrogen and oxygen atoms in total. The van der Waals surface area contributed by atoms with Crippen LogP contribution in [0, 0.1) is 0 Å². The summed E-state index contributed by atoms with van der Waals surface area (Å²) in [6.45, 7) is 4.09. The molecule has 0 bridgehead atoms. The Labute approximate surface area is 221 Å². The molecule has 36 heavy (non-hydrogen) atoms. The molecule has 0 spiro atoms. The summed E-state index contributed by atoms with van der Waals surface area (Å²) >= 11 is 1.58. The van der Waals surface area contributed by atoms with Gasteiger partial charge in [-0.1, -0.05) is 86.7 Å². The van der Waals surface area contributed by atoms with Gasteiger partial charge in [-0.25, -0.2) is 4.79 Å². The lowest BCUT2D eigenvalue weighted by Crippen LogP contribution is -2.23. The number of hydrogen-bond donors (Lipinski definition) is 1. The number of carbonyl (C=O) groups is 2. The lowest BCUT2D eigenvalue weighted by Gasteiger charge is -2.14. The van der Waals surface area contributed by atoms with Gasteiger partial charge < -0.3 is 9.84 Å². The minimum atomic E-state index is -1.10. The van der Waals surface area contributed by atoms with Crippen LogP contribution >= 0.6 is 11.8 Å². The summed E-state index contributed by atoms with van der Waals surface area (Å²) in [4.78, 5) is 23.8. The maximum atomic E-state index is 12.5. The Morgan fingerprint density at radius 1 is 0.833 bits per heavy atom. The Hall–Kier alpha value is -2.79. The molecule has 0 heterocycles. The minimum absolute atomic E-state index is 0.00256. The molecule has 0 saturated heterocycles. The maximum Gasteiger partial charge on any atom is 0.339 e. The van der Waals surface area contributed by atoms with E-state index in [2.05, 4.69) is 67.7 Å². The molecule has 0 amide bonds. The minimum Gasteiger partial charge on any atom is -0.478 e. The molecule has 1 N–H and O–H groups in total. The number of carbonyl (C=O) groups excluding carboxylic acids is 1. The van der Waals surface area contributed by atoms with Crippen molar-refractivity contribution in [3.8, 4) is 5.75 Å². The fourth-order valence-corrected chi connectivity index (χ4v) is 4.29. The predicted molar refractivity (Wildman–Crippen MR) is 154 cm³/mol. The first kappa shape index (κ1) is 31.2. The van der Waals surface area contributed by atoms with E-state index in [-0.39, 0.29) is 22.5 Å². The van der Waals surface area contributed by atoms with Crippen LogP contribution in [0.15, 0.2) is 85.0 Å². The van der Waals surface area contributed by atoms with Crippen molar-refractivity contribution in [1.29, 1.82) is 0 Å². The van der Waals surface area contributed by atoms with Crippen molar-refractivity contribution in [2.24, 2.45) is 0 Å². The van der Waals surface area contributed by atoms with Crippen molar-refractivity contribution < 1.29 is 19.4 Å². The fourth-order valence-electron chi connectivity index (χ4n) is 3.22. The van der Waals surface area contributed by atoms with Crippen LogP contribution in [0.3, 0.4) is 0 Å². The summed E-state index contributed by atoms with van der Waals surface area (Å²) in [5.41, 5.74) is 0.00256. The van der Waals surface area contributed by atoms with Gasteiger partial charge in [-0.3, -0.25) is 4.79 Å². The van der Waals surface area contributed by atoms with Crippen molar-refractivity contribution in [2.45, 2.75) is 76.9 Å².